The van der Waals surface area contributed by atoms with Gasteiger partial charge in [0.15, 0.2) is 0 Å². The van der Waals surface area contributed by atoms with Crippen molar-refractivity contribution in [3.05, 3.63) is 95.1 Å². The van der Waals surface area contributed by atoms with E-state index in [1.165, 1.54) is 38.2 Å². The lowest BCUT2D eigenvalue weighted by Crippen LogP contribution is -2.34. The highest BCUT2D eigenvalue weighted by molar-refractivity contribution is 7.80. The highest BCUT2D eigenvalue weighted by Gasteiger charge is 2.33. The summed E-state index contributed by atoms with van der Waals surface area (Å²) >= 11 is 0. The molecule has 0 N–H and O–H groups in total. The van der Waals surface area contributed by atoms with Crippen molar-refractivity contribution in [2.45, 2.75) is 131 Å². The van der Waals surface area contributed by atoms with Crippen molar-refractivity contribution >= 4 is 23.8 Å². The minimum atomic E-state index is -1.09. The third kappa shape index (κ3) is 7.73. The Kier molecular flexibility index (Phi) is 9.90. The fourth-order valence-corrected chi connectivity index (χ4v) is 8.92. The lowest BCUT2D eigenvalue weighted by atomic mass is 9.81. The van der Waals surface area contributed by atoms with Gasteiger partial charge in [0.1, 0.15) is 29.5 Å². The van der Waals surface area contributed by atoms with Gasteiger partial charge in [0.25, 0.3) is 0 Å². The van der Waals surface area contributed by atoms with Gasteiger partial charge in [-0.2, -0.15) is 0 Å². The molecule has 0 unspecified atom stereocenters. The maximum Gasteiger partial charge on any atom is 0.132 e. The summed E-state index contributed by atoms with van der Waals surface area (Å²) in [5.74, 6) is 2.47. The molecule has 1 aliphatic rings. The molecule has 0 radical (unpaired) electrons. The third-order valence-electron chi connectivity index (χ3n) is 9.81. The van der Waals surface area contributed by atoms with E-state index in [-0.39, 0.29) is 33.9 Å². The number of benzene rings is 4. The molecular weight excluding hydrogens is 619 g/mol. The molecule has 0 spiro atoms. The molecule has 262 valence electrons. The molecule has 2 atom stereocenters. The molecule has 49 heavy (non-hydrogen) atoms. The van der Waals surface area contributed by atoms with Crippen LogP contribution in [0.4, 0.5) is 0 Å². The van der Waals surface area contributed by atoms with Crippen LogP contribution in [-0.4, -0.2) is 19.3 Å². The first-order chi connectivity index (χ1) is 22.6. The zero-order valence-electron chi connectivity index (χ0n) is 32.8. The van der Waals surface area contributed by atoms with Crippen molar-refractivity contribution in [1.29, 1.82) is 0 Å². The first kappa shape index (κ1) is 37.0. The molecule has 3 nitrogen and oxygen atoms in total. The van der Waals surface area contributed by atoms with E-state index in [1.54, 1.807) is 7.11 Å². The summed E-state index contributed by atoms with van der Waals surface area (Å²) in [5.41, 5.74) is 7.32. The molecule has 0 amide bonds. The Hall–Kier alpha value is -3.29. The fourth-order valence-electron chi connectivity index (χ4n) is 6.31. The Morgan fingerprint density at radius 3 is 1.24 bits per heavy atom. The molecule has 0 saturated heterocycles. The van der Waals surface area contributed by atoms with E-state index in [2.05, 4.69) is 158 Å². The summed E-state index contributed by atoms with van der Waals surface area (Å²) in [7, 11) is 0.654. The topological polar surface area (TPSA) is 27.7 Å². The Morgan fingerprint density at radius 2 is 0.878 bits per heavy atom. The van der Waals surface area contributed by atoms with Crippen molar-refractivity contribution in [2.24, 2.45) is 0 Å². The second kappa shape index (κ2) is 13.1. The van der Waals surface area contributed by atoms with E-state index in [1.807, 2.05) is 12.1 Å². The molecule has 4 heteroatoms. The van der Waals surface area contributed by atoms with E-state index in [9.17, 15) is 0 Å². The number of fused-ring (bicyclic) bond motifs is 3. The van der Waals surface area contributed by atoms with Gasteiger partial charge in [0.2, 0.25) is 0 Å². The molecule has 0 fully saturated rings. The van der Waals surface area contributed by atoms with Gasteiger partial charge in [-0.1, -0.05) is 138 Å². The van der Waals surface area contributed by atoms with Crippen LogP contribution in [0.2, 0.25) is 0 Å². The summed E-state index contributed by atoms with van der Waals surface area (Å²) in [5, 5.41) is 3.92. The van der Waals surface area contributed by atoms with Crippen LogP contribution >= 0.6 is 7.92 Å². The average molecular weight is 679 g/mol. The first-order valence-electron chi connectivity index (χ1n) is 17.9. The molecule has 0 bridgehead atoms. The maximum atomic E-state index is 6.81. The van der Waals surface area contributed by atoms with Crippen LogP contribution in [0.5, 0.6) is 17.2 Å². The van der Waals surface area contributed by atoms with Crippen LogP contribution in [0, 0.1) is 0 Å². The molecular formula is C45H59O3P. The standard InChI is InChI=1S/C45H59O3P/c1-28-29(2)48-38-20-17-21-39(41(38)40-36(46-15)18-16-19-37(40)47-28)49(34-24-30(42(3,4)5)22-31(25-34)43(6,7)8)35-26-32(44(9,10)11)23-33(27-35)45(12,13)14/h16-29H,1-15H3/t28-,29-/m0/s1. The van der Waals surface area contributed by atoms with Crippen molar-refractivity contribution in [2.75, 3.05) is 7.11 Å². The van der Waals surface area contributed by atoms with Gasteiger partial charge in [-0.15, -0.1) is 0 Å². The summed E-state index contributed by atoms with van der Waals surface area (Å²) in [6, 6.07) is 27.5. The third-order valence-corrected chi connectivity index (χ3v) is 12.2. The number of methoxy groups -OCH3 is 1. The fraction of sp³-hybridized carbons (Fsp3) is 0.467. The van der Waals surface area contributed by atoms with Crippen LogP contribution in [0.1, 0.15) is 119 Å². The molecule has 1 aliphatic heterocycles. The molecule has 0 aliphatic carbocycles. The van der Waals surface area contributed by atoms with Gasteiger partial charge in [-0.25, -0.2) is 0 Å². The van der Waals surface area contributed by atoms with Crippen LogP contribution in [0.3, 0.4) is 0 Å². The molecule has 4 aromatic rings. The number of ether oxygens (including phenoxy) is 3. The van der Waals surface area contributed by atoms with E-state index >= 15 is 0 Å². The van der Waals surface area contributed by atoms with Crippen LogP contribution in [-0.2, 0) is 21.7 Å². The normalized spacial score (nSPS) is 17.0. The molecule has 0 aromatic heterocycles. The van der Waals surface area contributed by atoms with Crippen LogP contribution in [0.15, 0.2) is 72.8 Å². The summed E-state index contributed by atoms with van der Waals surface area (Å²) in [6.07, 6.45) is -0.284. The van der Waals surface area contributed by atoms with Crippen LogP contribution in [0.25, 0.3) is 11.1 Å². The second-order valence-electron chi connectivity index (χ2n) is 18.0. The predicted octanol–water partition coefficient (Wildman–Crippen LogP) is 10.9. The highest BCUT2D eigenvalue weighted by Crippen LogP contribution is 2.49. The van der Waals surface area contributed by atoms with Crippen molar-refractivity contribution < 1.29 is 14.2 Å². The zero-order valence-corrected chi connectivity index (χ0v) is 33.6. The second-order valence-corrected chi connectivity index (χ2v) is 20.2. The van der Waals surface area contributed by atoms with E-state index in [0.29, 0.717) is 0 Å². The molecule has 1 heterocycles. The molecule has 5 rings (SSSR count). The van der Waals surface area contributed by atoms with Crippen LogP contribution < -0.4 is 30.1 Å². The average Bonchev–Trinajstić information content (AvgIpc) is 2.99. The van der Waals surface area contributed by atoms with Gasteiger partial charge < -0.3 is 14.2 Å². The quantitative estimate of drug-likeness (QED) is 0.201. The van der Waals surface area contributed by atoms with Gasteiger partial charge in [-0.05, 0) is 99.8 Å². The summed E-state index contributed by atoms with van der Waals surface area (Å²) in [4.78, 5) is 0. The number of hydrogen-bond donors (Lipinski definition) is 0. The summed E-state index contributed by atoms with van der Waals surface area (Å²) < 4.78 is 19.6. The smallest absolute Gasteiger partial charge is 0.132 e. The Bertz CT molecular complexity index is 1680. The summed E-state index contributed by atoms with van der Waals surface area (Å²) in [6.45, 7) is 32.1. The first-order valence-corrected chi connectivity index (χ1v) is 19.2. The number of rotatable bonds is 4. The lowest BCUT2D eigenvalue weighted by molar-refractivity contribution is 0.0760. The molecule has 0 saturated carbocycles. The van der Waals surface area contributed by atoms with Crippen molar-refractivity contribution in [3.8, 4) is 28.4 Å². The van der Waals surface area contributed by atoms with Crippen molar-refractivity contribution in [3.63, 3.8) is 0 Å². The van der Waals surface area contributed by atoms with Gasteiger partial charge in [0, 0.05) is 5.56 Å². The van der Waals surface area contributed by atoms with Crippen molar-refractivity contribution in [1.82, 2.24) is 0 Å². The van der Waals surface area contributed by atoms with Gasteiger partial charge in [-0.3, -0.25) is 0 Å². The lowest BCUT2D eigenvalue weighted by Gasteiger charge is -2.34. The number of hydrogen-bond acceptors (Lipinski definition) is 3. The molecule has 4 aromatic carbocycles. The maximum absolute atomic E-state index is 6.81. The Balaban J connectivity index is 1.99. The zero-order chi connectivity index (χ0) is 36.3. The van der Waals surface area contributed by atoms with Gasteiger partial charge in [0.05, 0.1) is 12.7 Å². The minimum Gasteiger partial charge on any atom is -0.496 e. The SMILES string of the molecule is COc1cccc2c1-c1c(cccc1P(c1cc(C(C)(C)C)cc(C(C)(C)C)c1)c1cc(C(C)(C)C)cc(C(C)(C)C)c1)O[C@@H](C)[C@H](C)O2. The van der Waals surface area contributed by atoms with E-state index in [4.69, 9.17) is 14.2 Å². The Morgan fingerprint density at radius 1 is 0.510 bits per heavy atom. The van der Waals surface area contributed by atoms with Gasteiger partial charge >= 0.3 is 0 Å². The highest BCUT2D eigenvalue weighted by atomic mass is 31.1. The van der Waals surface area contributed by atoms with E-state index < -0.39 is 7.92 Å². The largest absolute Gasteiger partial charge is 0.496 e. The Labute approximate surface area is 298 Å². The predicted molar refractivity (Wildman–Crippen MR) is 212 cm³/mol. The monoisotopic (exact) mass is 678 g/mol. The minimum absolute atomic E-state index is 0.0231. The van der Waals surface area contributed by atoms with E-state index in [0.717, 1.165) is 28.4 Å².